The molecule has 5 heteroatoms. The van der Waals surface area contributed by atoms with E-state index in [4.69, 9.17) is 10.5 Å². The average molecular weight is 288 g/mol. The Kier molecular flexibility index (Phi) is 5.90. The van der Waals surface area contributed by atoms with E-state index in [1.54, 1.807) is 13.3 Å². The Balaban J connectivity index is 2.73. The third-order valence-electron chi connectivity index (χ3n) is 2.51. The smallest absolute Gasteiger partial charge is 0.0589 e. The summed E-state index contributed by atoms with van der Waals surface area (Å²) in [6, 6.07) is 2.23. The number of halogens is 1. The molecule has 0 saturated carbocycles. The van der Waals surface area contributed by atoms with Crippen molar-refractivity contribution in [3.05, 3.63) is 28.5 Å². The quantitative estimate of drug-likeness (QED) is 0.860. The lowest BCUT2D eigenvalue weighted by Crippen LogP contribution is -2.33. The molecule has 1 atom stereocenters. The zero-order valence-corrected chi connectivity index (χ0v) is 11.3. The van der Waals surface area contributed by atoms with E-state index in [0.29, 0.717) is 13.2 Å². The second-order valence-corrected chi connectivity index (χ2v) is 4.58. The molecule has 1 aromatic rings. The van der Waals surface area contributed by atoms with Crippen molar-refractivity contribution in [3.8, 4) is 0 Å². The fraction of sp³-hybridized carbons (Fsp3) is 0.545. The third-order valence-corrected chi connectivity index (χ3v) is 2.95. The van der Waals surface area contributed by atoms with E-state index < -0.39 is 0 Å². The van der Waals surface area contributed by atoms with E-state index in [0.717, 1.165) is 16.6 Å². The summed E-state index contributed by atoms with van der Waals surface area (Å²) in [6.45, 7) is 2.12. The van der Waals surface area contributed by atoms with Gasteiger partial charge in [-0.2, -0.15) is 0 Å². The predicted molar refractivity (Wildman–Crippen MR) is 68.2 cm³/mol. The lowest BCUT2D eigenvalue weighted by Gasteiger charge is -2.26. The third kappa shape index (κ3) is 3.83. The molecule has 1 aromatic heterocycles. The number of rotatable bonds is 6. The molecule has 16 heavy (non-hydrogen) atoms. The number of pyridine rings is 1. The predicted octanol–water partition coefficient (Wildman–Crippen LogP) is 1.42. The molecule has 0 amide bonds. The Bertz CT molecular complexity index is 322. The van der Waals surface area contributed by atoms with Crippen LogP contribution < -0.4 is 5.73 Å². The lowest BCUT2D eigenvalue weighted by molar-refractivity contribution is 0.140. The van der Waals surface area contributed by atoms with Gasteiger partial charge in [0.1, 0.15) is 0 Å². The van der Waals surface area contributed by atoms with Crippen LogP contribution in [0.3, 0.4) is 0 Å². The Labute approximate surface area is 105 Å². The maximum Gasteiger partial charge on any atom is 0.0589 e. The zero-order chi connectivity index (χ0) is 12.0. The number of aromatic nitrogens is 1. The molecular weight excluding hydrogens is 270 g/mol. The lowest BCUT2D eigenvalue weighted by atomic mass is 10.1. The molecule has 0 aliphatic carbocycles. The largest absolute Gasteiger partial charge is 0.383 e. The minimum Gasteiger partial charge on any atom is -0.383 e. The van der Waals surface area contributed by atoms with Gasteiger partial charge in [0.15, 0.2) is 0 Å². The minimum atomic E-state index is 0.181. The Morgan fingerprint density at radius 2 is 2.31 bits per heavy atom. The van der Waals surface area contributed by atoms with Gasteiger partial charge in [0.05, 0.1) is 6.61 Å². The molecule has 0 fully saturated rings. The summed E-state index contributed by atoms with van der Waals surface area (Å²) in [4.78, 5) is 6.33. The molecule has 1 heterocycles. The van der Waals surface area contributed by atoms with Crippen LogP contribution in [0.4, 0.5) is 0 Å². The van der Waals surface area contributed by atoms with E-state index in [1.807, 2.05) is 19.3 Å². The van der Waals surface area contributed by atoms with Crippen LogP contribution in [0.25, 0.3) is 0 Å². The van der Waals surface area contributed by atoms with E-state index in [2.05, 4.69) is 25.8 Å². The molecule has 0 aliphatic heterocycles. The molecule has 0 aliphatic rings. The van der Waals surface area contributed by atoms with Crippen LogP contribution in [0, 0.1) is 0 Å². The second-order valence-electron chi connectivity index (χ2n) is 3.66. The molecule has 4 nitrogen and oxygen atoms in total. The molecule has 0 aromatic carbocycles. The highest BCUT2D eigenvalue weighted by Crippen LogP contribution is 2.20. The second kappa shape index (κ2) is 6.96. The summed E-state index contributed by atoms with van der Waals surface area (Å²) in [5.74, 6) is 0. The molecule has 0 radical (unpaired) electrons. The van der Waals surface area contributed by atoms with Gasteiger partial charge in [-0.25, -0.2) is 0 Å². The number of ether oxygens (including phenoxy) is 1. The Morgan fingerprint density at radius 3 is 2.88 bits per heavy atom. The first kappa shape index (κ1) is 13.6. The monoisotopic (exact) mass is 287 g/mol. The van der Waals surface area contributed by atoms with Crippen molar-refractivity contribution >= 4 is 15.9 Å². The fourth-order valence-corrected chi connectivity index (χ4v) is 1.95. The fourth-order valence-electron chi connectivity index (χ4n) is 1.57. The van der Waals surface area contributed by atoms with Crippen LogP contribution in [-0.2, 0) is 4.74 Å². The van der Waals surface area contributed by atoms with Gasteiger partial charge in [-0.05, 0) is 34.6 Å². The molecule has 1 rings (SSSR count). The molecule has 1 unspecified atom stereocenters. The van der Waals surface area contributed by atoms with Crippen molar-refractivity contribution in [1.29, 1.82) is 0 Å². The molecule has 0 spiro atoms. The SMILES string of the molecule is COCCN(C)C(CN)c1cncc(Br)c1. The van der Waals surface area contributed by atoms with Crippen LogP contribution in [-0.4, -0.2) is 43.7 Å². The highest BCUT2D eigenvalue weighted by molar-refractivity contribution is 9.10. The van der Waals surface area contributed by atoms with E-state index in [1.165, 1.54) is 0 Å². The highest BCUT2D eigenvalue weighted by atomic mass is 79.9. The van der Waals surface area contributed by atoms with Crippen LogP contribution in [0.5, 0.6) is 0 Å². The van der Waals surface area contributed by atoms with Crippen LogP contribution in [0.15, 0.2) is 22.9 Å². The maximum atomic E-state index is 5.80. The highest BCUT2D eigenvalue weighted by Gasteiger charge is 2.15. The number of nitrogens with zero attached hydrogens (tertiary/aromatic N) is 2. The molecule has 0 bridgehead atoms. The van der Waals surface area contributed by atoms with Gasteiger partial charge in [-0.15, -0.1) is 0 Å². The summed E-state index contributed by atoms with van der Waals surface area (Å²) >= 11 is 3.41. The summed E-state index contributed by atoms with van der Waals surface area (Å²) in [7, 11) is 3.74. The molecule has 0 saturated heterocycles. The van der Waals surface area contributed by atoms with Crippen molar-refractivity contribution < 1.29 is 4.74 Å². The summed E-state index contributed by atoms with van der Waals surface area (Å²) in [5.41, 5.74) is 6.92. The minimum absolute atomic E-state index is 0.181. The molecule has 90 valence electrons. The first-order valence-corrected chi connectivity index (χ1v) is 5.98. The van der Waals surface area contributed by atoms with E-state index in [-0.39, 0.29) is 6.04 Å². The van der Waals surface area contributed by atoms with Crippen molar-refractivity contribution in [2.45, 2.75) is 6.04 Å². The van der Waals surface area contributed by atoms with Crippen molar-refractivity contribution in [1.82, 2.24) is 9.88 Å². The standard InChI is InChI=1S/C11H18BrN3O/c1-15(3-4-16-2)11(6-13)9-5-10(12)8-14-7-9/h5,7-8,11H,3-4,6,13H2,1-2H3. The summed E-state index contributed by atoms with van der Waals surface area (Å²) in [5, 5.41) is 0. The maximum absolute atomic E-state index is 5.80. The normalized spacial score (nSPS) is 13.1. The van der Waals surface area contributed by atoms with E-state index >= 15 is 0 Å². The van der Waals surface area contributed by atoms with Crippen molar-refractivity contribution in [2.24, 2.45) is 5.73 Å². The van der Waals surface area contributed by atoms with Crippen LogP contribution in [0.2, 0.25) is 0 Å². The van der Waals surface area contributed by atoms with Gasteiger partial charge in [0, 0.05) is 43.1 Å². The Morgan fingerprint density at radius 1 is 1.56 bits per heavy atom. The first-order valence-electron chi connectivity index (χ1n) is 5.18. The summed E-state index contributed by atoms with van der Waals surface area (Å²) in [6.07, 6.45) is 3.62. The number of nitrogens with two attached hydrogens (primary N) is 1. The van der Waals surface area contributed by atoms with Gasteiger partial charge < -0.3 is 10.5 Å². The number of hydrogen-bond acceptors (Lipinski definition) is 4. The average Bonchev–Trinajstić information content (AvgIpc) is 2.27. The molecule has 2 N–H and O–H groups in total. The van der Waals surface area contributed by atoms with Gasteiger partial charge in [-0.1, -0.05) is 0 Å². The van der Waals surface area contributed by atoms with Crippen LogP contribution in [0.1, 0.15) is 11.6 Å². The number of hydrogen-bond donors (Lipinski definition) is 1. The molecular formula is C11H18BrN3O. The first-order chi connectivity index (χ1) is 7.69. The Hall–Kier alpha value is -0.490. The summed E-state index contributed by atoms with van der Waals surface area (Å²) < 4.78 is 6.03. The van der Waals surface area contributed by atoms with Gasteiger partial charge in [0.25, 0.3) is 0 Å². The van der Waals surface area contributed by atoms with Gasteiger partial charge in [0.2, 0.25) is 0 Å². The van der Waals surface area contributed by atoms with Gasteiger partial charge >= 0.3 is 0 Å². The number of methoxy groups -OCH3 is 1. The van der Waals surface area contributed by atoms with E-state index in [9.17, 15) is 0 Å². The number of likely N-dealkylation sites (N-methyl/N-ethyl adjacent to an activating group) is 1. The topological polar surface area (TPSA) is 51.4 Å². The zero-order valence-electron chi connectivity index (χ0n) is 9.69. The van der Waals surface area contributed by atoms with Crippen LogP contribution >= 0.6 is 15.9 Å². The van der Waals surface area contributed by atoms with Crippen molar-refractivity contribution in [2.75, 3.05) is 33.9 Å². The van der Waals surface area contributed by atoms with Crippen molar-refractivity contribution in [3.63, 3.8) is 0 Å². The van der Waals surface area contributed by atoms with Gasteiger partial charge in [-0.3, -0.25) is 9.88 Å².